The van der Waals surface area contributed by atoms with Gasteiger partial charge in [-0.25, -0.2) is 4.39 Å². The number of anilines is 1. The Morgan fingerprint density at radius 2 is 1.61 bits per heavy atom. The monoisotopic (exact) mass is 710 g/mol. The summed E-state index contributed by atoms with van der Waals surface area (Å²) in [5.74, 6) is -1.66. The molecule has 0 spiro atoms. The number of hydrogen-bond donors (Lipinski definition) is 4. The van der Waals surface area contributed by atoms with Crippen molar-refractivity contribution in [1.82, 2.24) is 15.1 Å². The first-order chi connectivity index (χ1) is 23.6. The van der Waals surface area contributed by atoms with Crippen molar-refractivity contribution in [2.75, 3.05) is 39.0 Å². The minimum Gasteiger partial charge on any atom is -0.388 e. The highest BCUT2D eigenvalue weighted by Crippen LogP contribution is 2.45. The van der Waals surface area contributed by atoms with Gasteiger partial charge in [-0.15, -0.1) is 11.3 Å². The summed E-state index contributed by atoms with van der Waals surface area (Å²) in [6, 6.07) is 25.6. The fraction of sp³-hybridized carbons (Fsp3) is 0.333. The Balaban J connectivity index is 0.000000196. The van der Waals surface area contributed by atoms with Gasteiger partial charge in [-0.1, -0.05) is 48.5 Å². The van der Waals surface area contributed by atoms with E-state index in [1.165, 1.54) is 34.6 Å². The van der Waals surface area contributed by atoms with E-state index in [0.717, 1.165) is 48.1 Å². The zero-order chi connectivity index (χ0) is 35.9. The van der Waals surface area contributed by atoms with Crippen LogP contribution in [0, 0.1) is 0 Å². The van der Waals surface area contributed by atoms with Gasteiger partial charge in [0.1, 0.15) is 6.79 Å². The van der Waals surface area contributed by atoms with Crippen molar-refractivity contribution in [3.63, 3.8) is 0 Å². The van der Waals surface area contributed by atoms with Gasteiger partial charge in [0, 0.05) is 63.5 Å². The molecule has 2 fully saturated rings. The molecular weight excluding hydrogens is 666 g/mol. The highest BCUT2D eigenvalue weighted by atomic mass is 32.1. The van der Waals surface area contributed by atoms with Gasteiger partial charge in [0.2, 0.25) is 20.2 Å². The molecule has 2 atom stereocenters. The molecule has 2 aliphatic rings. The quantitative estimate of drug-likeness (QED) is 0.177. The van der Waals surface area contributed by atoms with Crippen LogP contribution in [-0.4, -0.2) is 83.9 Å². The second-order valence-corrected chi connectivity index (χ2v) is 13.4. The summed E-state index contributed by atoms with van der Waals surface area (Å²) in [7, 11) is 0.826. The number of carbonyl (C=O) groups excluding carboxylic acids is 4. The molecule has 3 heterocycles. The van der Waals surface area contributed by atoms with Crippen molar-refractivity contribution in [3.05, 3.63) is 89.3 Å². The Hall–Kier alpha value is -4.22. The van der Waals surface area contributed by atoms with Crippen LogP contribution in [-0.2, 0) is 14.4 Å². The van der Waals surface area contributed by atoms with Crippen LogP contribution in [0.2, 0.25) is 0 Å². The minimum atomic E-state index is -2.64. The number of amides is 3. The van der Waals surface area contributed by atoms with Crippen molar-refractivity contribution in [2.45, 2.75) is 44.6 Å². The molecule has 0 radical (unpaired) electrons. The Bertz CT molecular complexity index is 1660. The topological polar surface area (TPSA) is 139 Å². The van der Waals surface area contributed by atoms with E-state index in [1.54, 1.807) is 31.0 Å². The summed E-state index contributed by atoms with van der Waals surface area (Å²) in [5.41, 5.74) is 3.87. The highest BCUT2D eigenvalue weighted by Gasteiger charge is 2.31. The third-order valence-electron chi connectivity index (χ3n) is 8.22. The van der Waals surface area contributed by atoms with Gasteiger partial charge in [0.15, 0.2) is 5.91 Å². The van der Waals surface area contributed by atoms with Gasteiger partial charge in [-0.2, -0.15) is 0 Å². The first-order valence-corrected chi connectivity index (χ1v) is 18.0. The van der Waals surface area contributed by atoms with Crippen LogP contribution in [0.4, 0.5) is 10.1 Å². The number of benzene rings is 3. The molecule has 1 aromatic heterocycles. The van der Waals surface area contributed by atoms with E-state index in [0.29, 0.717) is 23.9 Å². The van der Waals surface area contributed by atoms with E-state index >= 15 is 0 Å². The van der Waals surface area contributed by atoms with Crippen LogP contribution in [0.15, 0.2) is 78.9 Å². The normalized spacial score (nSPS) is 16.0. The lowest BCUT2D eigenvalue weighted by molar-refractivity contribution is -0.136. The summed E-state index contributed by atoms with van der Waals surface area (Å²) in [6.07, 6.45) is 3.68. The van der Waals surface area contributed by atoms with Crippen molar-refractivity contribution >= 4 is 60.0 Å². The zero-order valence-electron chi connectivity index (χ0n) is 28.0. The molecule has 13 heteroatoms. The molecule has 0 saturated carbocycles. The van der Waals surface area contributed by atoms with Crippen molar-refractivity contribution in [2.24, 2.45) is 0 Å². The molecule has 49 heavy (non-hydrogen) atoms. The summed E-state index contributed by atoms with van der Waals surface area (Å²) >= 11 is 1.30. The van der Waals surface area contributed by atoms with Gasteiger partial charge < -0.3 is 35.0 Å². The molecule has 6 rings (SSSR count). The molecule has 0 bridgehead atoms. The van der Waals surface area contributed by atoms with Crippen LogP contribution in [0.1, 0.15) is 53.8 Å². The number of fused-ring (bicyclic) bond motifs is 2. The first-order valence-electron chi connectivity index (χ1n) is 15.8. The molecule has 2 saturated heterocycles. The van der Waals surface area contributed by atoms with E-state index < -0.39 is 14.3 Å². The smallest absolute Gasteiger partial charge is 0.261 e. The zero-order valence-corrected chi connectivity index (χ0v) is 29.7. The minimum absolute atomic E-state index is 0.0919. The molecule has 4 aromatic rings. The highest BCUT2D eigenvalue weighted by molar-refractivity contribution is 7.45. The van der Waals surface area contributed by atoms with Gasteiger partial charge in [-0.3, -0.25) is 14.4 Å². The molecule has 262 valence electrons. The maximum atomic E-state index is 13.5. The standard InChI is InChI=1S/C13H13N.C11H11FNO3PS.C11H18N2O2.CH2O/c1-14-13-9-7-12(8-10-13)11-5-3-2-4-6-11;1-13-11(14)9-5-7-4-6(10(12)17(15)16)2-3-8(7)18-9;1-9(14)12-7-4-10-3-2-6-13(10)11(15)5-8-12;1-2/h2-10,14H,1H3;2-5,10,15-16H,1H3,(H,13,14);10H,2-8H2,1H3;1H2. The molecule has 2 unspecified atom stereocenters. The lowest BCUT2D eigenvalue weighted by Crippen LogP contribution is -2.44. The van der Waals surface area contributed by atoms with E-state index in [4.69, 9.17) is 14.6 Å². The fourth-order valence-corrected chi connectivity index (χ4v) is 7.02. The lowest BCUT2D eigenvalue weighted by atomic mass is 10.1. The van der Waals surface area contributed by atoms with Crippen molar-refractivity contribution in [1.29, 1.82) is 0 Å². The summed E-state index contributed by atoms with van der Waals surface area (Å²) in [5, 5.41) is 6.34. The predicted octanol–water partition coefficient (Wildman–Crippen LogP) is 6.36. The summed E-state index contributed by atoms with van der Waals surface area (Å²) < 4.78 is 14.3. The van der Waals surface area contributed by atoms with Crippen LogP contribution >= 0.6 is 19.7 Å². The van der Waals surface area contributed by atoms with Gasteiger partial charge in [-0.05, 0) is 71.7 Å². The molecular formula is C36H44FN4O6PS. The van der Waals surface area contributed by atoms with Gasteiger partial charge >= 0.3 is 0 Å². The Morgan fingerprint density at radius 1 is 0.939 bits per heavy atom. The number of carbonyl (C=O) groups is 4. The van der Waals surface area contributed by atoms with E-state index in [2.05, 4.69) is 59.2 Å². The molecule has 4 N–H and O–H groups in total. The first kappa shape index (κ1) is 39.2. The number of nitrogens with zero attached hydrogens (tertiary/aromatic N) is 2. The maximum Gasteiger partial charge on any atom is 0.261 e. The Kier molecular flexibility index (Phi) is 15.8. The number of hydrogen-bond acceptors (Lipinski definition) is 8. The van der Waals surface area contributed by atoms with Crippen LogP contribution in [0.5, 0.6) is 0 Å². The lowest BCUT2D eigenvalue weighted by Gasteiger charge is -2.31. The van der Waals surface area contributed by atoms with Gasteiger partial charge in [0.25, 0.3) is 5.91 Å². The number of thiophene rings is 1. The van der Waals surface area contributed by atoms with E-state index in [9.17, 15) is 18.8 Å². The summed E-state index contributed by atoms with van der Waals surface area (Å²) in [6.45, 7) is 5.91. The average molecular weight is 711 g/mol. The molecule has 0 aliphatic carbocycles. The number of alkyl halides is 1. The molecule has 10 nitrogen and oxygen atoms in total. The van der Waals surface area contributed by atoms with Gasteiger partial charge in [0.05, 0.1) is 4.88 Å². The number of nitrogens with one attached hydrogen (secondary N) is 2. The Labute approximate surface area is 291 Å². The van der Waals surface area contributed by atoms with Crippen molar-refractivity contribution in [3.8, 4) is 11.1 Å². The Morgan fingerprint density at radius 3 is 2.22 bits per heavy atom. The van der Waals surface area contributed by atoms with Crippen LogP contribution in [0.3, 0.4) is 0 Å². The van der Waals surface area contributed by atoms with E-state index in [-0.39, 0.29) is 23.3 Å². The van der Waals surface area contributed by atoms with Crippen molar-refractivity contribution < 1.29 is 33.4 Å². The predicted molar refractivity (Wildman–Crippen MR) is 195 cm³/mol. The van der Waals surface area contributed by atoms with Crippen LogP contribution in [0.25, 0.3) is 21.2 Å². The number of halogens is 1. The largest absolute Gasteiger partial charge is 0.388 e. The SMILES string of the molecule is C=O.CC(=O)N1CCC(=O)N2CCCC2CC1.CNC(=O)c1cc2cc(C(F)P(O)O)ccc2s1.CNc1ccc(-c2ccccc2)cc1. The average Bonchev–Trinajstić information content (AvgIpc) is 3.78. The molecule has 3 amide bonds. The summed E-state index contributed by atoms with van der Waals surface area (Å²) in [4.78, 5) is 64.6. The second-order valence-electron chi connectivity index (χ2n) is 11.3. The second kappa shape index (κ2) is 19.7. The van der Waals surface area contributed by atoms with E-state index in [1.807, 2.05) is 24.8 Å². The fourth-order valence-electron chi connectivity index (χ4n) is 5.61. The molecule has 2 aliphatic heterocycles. The number of rotatable bonds is 5. The third kappa shape index (κ3) is 11.2. The molecule has 3 aromatic carbocycles. The third-order valence-corrected chi connectivity index (χ3v) is 10.0. The maximum absolute atomic E-state index is 13.5. The van der Waals surface area contributed by atoms with Crippen LogP contribution < -0.4 is 10.6 Å².